The summed E-state index contributed by atoms with van der Waals surface area (Å²) in [6.45, 7) is 14.1. The molecule has 0 aliphatic carbocycles. The van der Waals surface area contributed by atoms with Crippen LogP contribution < -0.4 is 10.6 Å². The maximum atomic E-state index is 4.01. The molecular weight excluding hydrogens is 328 g/mol. The van der Waals surface area contributed by atoms with Crippen LogP contribution in [0.5, 0.6) is 0 Å². The highest BCUT2D eigenvalue weighted by Gasteiger charge is 2.21. The van der Waals surface area contributed by atoms with Crippen molar-refractivity contribution < 1.29 is 0 Å². The SMILES string of the molecule is C=C/C(=C\C=C/C)C1=C(C(/C=C\C=C/C)=C/C)NC(=C/C=C\C)/C(=C\C)N1. The Balaban J connectivity index is 3.65. The summed E-state index contributed by atoms with van der Waals surface area (Å²) < 4.78 is 0. The first-order valence-electron chi connectivity index (χ1n) is 9.36. The minimum Gasteiger partial charge on any atom is -0.352 e. The van der Waals surface area contributed by atoms with Crippen LogP contribution in [-0.4, -0.2) is 0 Å². The molecule has 1 aliphatic rings. The summed E-state index contributed by atoms with van der Waals surface area (Å²) >= 11 is 0. The fourth-order valence-electron chi connectivity index (χ4n) is 2.56. The van der Waals surface area contributed by atoms with Crippen LogP contribution in [0.1, 0.15) is 34.6 Å². The molecule has 2 nitrogen and oxygen atoms in total. The zero-order valence-electron chi connectivity index (χ0n) is 17.2. The molecule has 0 saturated carbocycles. The van der Waals surface area contributed by atoms with E-state index in [1.807, 2.05) is 83.2 Å². The molecule has 0 bridgehead atoms. The summed E-state index contributed by atoms with van der Waals surface area (Å²) in [5.74, 6) is 0. The molecule has 1 heterocycles. The third-order valence-corrected chi connectivity index (χ3v) is 3.96. The smallest absolute Gasteiger partial charge is 0.0703 e. The average molecular weight is 361 g/mol. The van der Waals surface area contributed by atoms with E-state index in [9.17, 15) is 0 Å². The fourth-order valence-corrected chi connectivity index (χ4v) is 2.56. The van der Waals surface area contributed by atoms with Gasteiger partial charge in [0.1, 0.15) is 0 Å². The zero-order valence-corrected chi connectivity index (χ0v) is 17.2. The van der Waals surface area contributed by atoms with E-state index in [-0.39, 0.29) is 0 Å². The minimum absolute atomic E-state index is 1.01. The van der Waals surface area contributed by atoms with Crippen molar-refractivity contribution >= 4 is 0 Å². The fraction of sp³-hybridized carbons (Fsp3) is 0.200. The number of rotatable bonds is 7. The Hall–Kier alpha value is -3.00. The third kappa shape index (κ3) is 6.34. The molecule has 0 amide bonds. The first kappa shape index (κ1) is 22.0. The lowest BCUT2D eigenvalue weighted by Crippen LogP contribution is -2.33. The molecule has 1 rings (SSSR count). The second kappa shape index (κ2) is 12.4. The summed E-state index contributed by atoms with van der Waals surface area (Å²) in [6, 6.07) is 0. The van der Waals surface area contributed by atoms with Gasteiger partial charge < -0.3 is 10.6 Å². The van der Waals surface area contributed by atoms with Crippen LogP contribution in [0.3, 0.4) is 0 Å². The van der Waals surface area contributed by atoms with Crippen molar-refractivity contribution in [2.75, 3.05) is 0 Å². The van der Waals surface area contributed by atoms with Crippen LogP contribution in [0.15, 0.2) is 120 Å². The van der Waals surface area contributed by atoms with Gasteiger partial charge in [0, 0.05) is 0 Å². The van der Waals surface area contributed by atoms with E-state index >= 15 is 0 Å². The number of hydrogen-bond donors (Lipinski definition) is 2. The van der Waals surface area contributed by atoms with Gasteiger partial charge in [-0.15, -0.1) is 0 Å². The van der Waals surface area contributed by atoms with Gasteiger partial charge in [-0.3, -0.25) is 0 Å². The van der Waals surface area contributed by atoms with Crippen molar-refractivity contribution in [2.24, 2.45) is 0 Å². The van der Waals surface area contributed by atoms with Crippen molar-refractivity contribution in [2.45, 2.75) is 34.6 Å². The van der Waals surface area contributed by atoms with Crippen LogP contribution in [-0.2, 0) is 0 Å². The molecule has 27 heavy (non-hydrogen) atoms. The molecule has 0 radical (unpaired) electrons. The molecular formula is C25H32N2. The Labute approximate surface area is 165 Å². The van der Waals surface area contributed by atoms with E-state index < -0.39 is 0 Å². The topological polar surface area (TPSA) is 24.1 Å². The molecule has 0 atom stereocenters. The van der Waals surface area contributed by atoms with E-state index in [0.29, 0.717) is 0 Å². The molecule has 0 saturated heterocycles. The predicted octanol–water partition coefficient (Wildman–Crippen LogP) is 6.52. The summed E-state index contributed by atoms with van der Waals surface area (Å²) in [6.07, 6.45) is 26.5. The second-order valence-electron chi connectivity index (χ2n) is 5.79. The summed E-state index contributed by atoms with van der Waals surface area (Å²) in [5.41, 5.74) is 6.22. The lowest BCUT2D eigenvalue weighted by Gasteiger charge is -2.29. The van der Waals surface area contributed by atoms with Crippen LogP contribution in [0.4, 0.5) is 0 Å². The van der Waals surface area contributed by atoms with Crippen molar-refractivity contribution in [1.82, 2.24) is 10.6 Å². The number of allylic oxidation sites excluding steroid dienone is 13. The van der Waals surface area contributed by atoms with Crippen molar-refractivity contribution in [3.05, 3.63) is 120 Å². The first-order chi connectivity index (χ1) is 13.2. The number of nitrogens with one attached hydrogen (secondary N) is 2. The average Bonchev–Trinajstić information content (AvgIpc) is 2.70. The summed E-state index contributed by atoms with van der Waals surface area (Å²) in [7, 11) is 0. The molecule has 2 heteroatoms. The van der Waals surface area contributed by atoms with Crippen LogP contribution in [0, 0.1) is 0 Å². The van der Waals surface area contributed by atoms with Gasteiger partial charge in [0.25, 0.3) is 0 Å². The van der Waals surface area contributed by atoms with Gasteiger partial charge in [0.05, 0.1) is 22.8 Å². The van der Waals surface area contributed by atoms with Crippen LogP contribution in [0.25, 0.3) is 0 Å². The second-order valence-corrected chi connectivity index (χ2v) is 5.79. The summed E-state index contributed by atoms with van der Waals surface area (Å²) in [5, 5.41) is 7.20. The van der Waals surface area contributed by atoms with Gasteiger partial charge in [-0.2, -0.15) is 0 Å². The molecule has 0 fully saturated rings. The maximum absolute atomic E-state index is 4.01. The molecule has 2 N–H and O–H groups in total. The van der Waals surface area contributed by atoms with E-state index in [2.05, 4.69) is 47.6 Å². The Bertz CT molecular complexity index is 788. The largest absolute Gasteiger partial charge is 0.352 e. The lowest BCUT2D eigenvalue weighted by molar-refractivity contribution is 0.823. The van der Waals surface area contributed by atoms with Crippen LogP contribution in [0.2, 0.25) is 0 Å². The predicted molar refractivity (Wildman–Crippen MR) is 121 cm³/mol. The quantitative estimate of drug-likeness (QED) is 0.505. The van der Waals surface area contributed by atoms with Gasteiger partial charge in [-0.05, 0) is 51.8 Å². The van der Waals surface area contributed by atoms with E-state index in [1.165, 1.54) is 0 Å². The van der Waals surface area contributed by atoms with Gasteiger partial charge in [0.15, 0.2) is 0 Å². The Morgan fingerprint density at radius 2 is 1.37 bits per heavy atom. The molecule has 1 aliphatic heterocycles. The Morgan fingerprint density at radius 1 is 0.741 bits per heavy atom. The highest BCUT2D eigenvalue weighted by molar-refractivity contribution is 5.58. The van der Waals surface area contributed by atoms with Gasteiger partial charge >= 0.3 is 0 Å². The Morgan fingerprint density at radius 3 is 1.93 bits per heavy atom. The van der Waals surface area contributed by atoms with E-state index in [4.69, 9.17) is 0 Å². The highest BCUT2D eigenvalue weighted by Crippen LogP contribution is 2.27. The maximum Gasteiger partial charge on any atom is 0.0703 e. The minimum atomic E-state index is 1.01. The van der Waals surface area contributed by atoms with Gasteiger partial charge in [-0.25, -0.2) is 0 Å². The third-order valence-electron chi connectivity index (χ3n) is 3.96. The summed E-state index contributed by atoms with van der Waals surface area (Å²) in [4.78, 5) is 0. The molecule has 0 aromatic heterocycles. The standard InChI is InChI=1S/C25H32N2/c1-7-13-16-18-21(11-5)25-24(20(10-4)17-14-8-2)26-22(12-6)23(27-25)19-15-9-3/h7-19,26-27H,4H2,1-3,5-6H3/b13-7-,14-8-,15-9-,18-16-,20-17+,21-11+,22-12+,23-19+. The monoisotopic (exact) mass is 360 g/mol. The molecule has 0 unspecified atom stereocenters. The molecule has 0 aromatic rings. The van der Waals surface area contributed by atoms with Gasteiger partial charge in [-0.1, -0.05) is 79.5 Å². The number of hydrogen-bond acceptors (Lipinski definition) is 2. The van der Waals surface area contributed by atoms with Crippen molar-refractivity contribution in [3.8, 4) is 0 Å². The van der Waals surface area contributed by atoms with E-state index in [1.54, 1.807) is 0 Å². The molecule has 142 valence electrons. The van der Waals surface area contributed by atoms with E-state index in [0.717, 1.165) is 33.9 Å². The molecule has 0 spiro atoms. The van der Waals surface area contributed by atoms with Crippen LogP contribution >= 0.6 is 0 Å². The van der Waals surface area contributed by atoms with Gasteiger partial charge in [0.2, 0.25) is 0 Å². The normalized spacial score (nSPS) is 19.9. The molecule has 0 aromatic carbocycles. The lowest BCUT2D eigenvalue weighted by atomic mass is 10.00. The highest BCUT2D eigenvalue weighted by atomic mass is 15.1. The van der Waals surface area contributed by atoms with Crippen molar-refractivity contribution in [3.63, 3.8) is 0 Å². The van der Waals surface area contributed by atoms with Crippen molar-refractivity contribution in [1.29, 1.82) is 0 Å². The zero-order chi connectivity index (χ0) is 20.1. The first-order valence-corrected chi connectivity index (χ1v) is 9.36. The Kier molecular flexibility index (Phi) is 10.1.